The molecule has 0 saturated heterocycles. The maximum absolute atomic E-state index is 2.41. The number of hydrogen-bond acceptors (Lipinski definition) is 0. The van der Waals surface area contributed by atoms with E-state index in [0.29, 0.717) is 0 Å². The Morgan fingerprint density at radius 1 is 1.27 bits per heavy atom. The van der Waals surface area contributed by atoms with Crippen molar-refractivity contribution in [2.45, 2.75) is 20.3 Å². The summed E-state index contributed by atoms with van der Waals surface area (Å²) in [6, 6.07) is 8.88. The van der Waals surface area contributed by atoms with Gasteiger partial charge in [-0.3, -0.25) is 0 Å². The van der Waals surface area contributed by atoms with Crippen molar-refractivity contribution < 1.29 is 0 Å². The predicted octanol–water partition coefficient (Wildman–Crippen LogP) is 3.35. The number of aryl methyl sites for hydroxylation is 1. The van der Waals surface area contributed by atoms with Crippen molar-refractivity contribution in [3.63, 3.8) is 0 Å². The van der Waals surface area contributed by atoms with E-state index in [-0.39, 0.29) is 20.7 Å². The molecule has 0 bridgehead atoms. The van der Waals surface area contributed by atoms with Crippen LogP contribution in [0.2, 0.25) is 0 Å². The molecule has 1 rings (SSSR count). The SMILES string of the molecule is CCC=Ic1ccc(C)cc1. The first kappa shape index (κ1) is 8.91. The van der Waals surface area contributed by atoms with Gasteiger partial charge in [0.2, 0.25) is 0 Å². The standard InChI is InChI=1S/C10H13I/c1-3-8-11-10-6-4-9(2)5-7-10/h4-8H,3H2,1-2H3. The van der Waals surface area contributed by atoms with Crippen LogP contribution in [0.15, 0.2) is 24.3 Å². The normalized spacial score (nSPS) is 11.5. The average molecular weight is 260 g/mol. The highest BCUT2D eigenvalue weighted by Crippen LogP contribution is 2.11. The second-order valence-electron chi connectivity index (χ2n) is 2.47. The first-order valence-corrected chi connectivity index (χ1v) is 6.17. The van der Waals surface area contributed by atoms with Crippen LogP contribution in [0.5, 0.6) is 0 Å². The molecule has 0 amide bonds. The molecule has 0 unspecified atom stereocenters. The molecule has 0 spiro atoms. The summed E-state index contributed by atoms with van der Waals surface area (Å²) in [7, 11) is 0. The Balaban J connectivity index is 2.73. The van der Waals surface area contributed by atoms with Crippen molar-refractivity contribution in [1.29, 1.82) is 0 Å². The molecule has 1 aromatic carbocycles. The van der Waals surface area contributed by atoms with Crippen LogP contribution in [0, 0.1) is 10.5 Å². The van der Waals surface area contributed by atoms with Crippen LogP contribution < -0.4 is 0 Å². The predicted molar refractivity (Wildman–Crippen MR) is 60.3 cm³/mol. The van der Waals surface area contributed by atoms with Gasteiger partial charge >= 0.3 is 0 Å². The lowest BCUT2D eigenvalue weighted by Gasteiger charge is -1.92. The molecule has 0 aliphatic heterocycles. The Labute approximate surface area is 78.4 Å². The third-order valence-electron chi connectivity index (χ3n) is 1.37. The first-order valence-electron chi connectivity index (χ1n) is 3.84. The van der Waals surface area contributed by atoms with Gasteiger partial charge in [0.25, 0.3) is 0 Å². The van der Waals surface area contributed by atoms with Crippen molar-refractivity contribution in [3.05, 3.63) is 33.4 Å². The lowest BCUT2D eigenvalue weighted by Crippen LogP contribution is -1.72. The van der Waals surface area contributed by atoms with Gasteiger partial charge < -0.3 is 0 Å². The number of benzene rings is 1. The van der Waals surface area contributed by atoms with Crippen molar-refractivity contribution in [2.75, 3.05) is 0 Å². The molecule has 0 aliphatic rings. The van der Waals surface area contributed by atoms with Crippen LogP contribution >= 0.6 is 20.7 Å². The molecule has 0 fully saturated rings. The van der Waals surface area contributed by atoms with Gasteiger partial charge in [-0.25, -0.2) is 0 Å². The molecule has 0 saturated carbocycles. The molecular formula is C10H13I. The summed E-state index contributed by atoms with van der Waals surface area (Å²) in [6.07, 6.45) is 1.21. The second-order valence-corrected chi connectivity index (χ2v) is 5.22. The average Bonchev–Trinajstić information content (AvgIpc) is 2.04. The zero-order valence-corrected chi connectivity index (χ0v) is 9.13. The monoisotopic (exact) mass is 260 g/mol. The van der Waals surface area contributed by atoms with Crippen molar-refractivity contribution in [3.8, 4) is 0 Å². The van der Waals surface area contributed by atoms with Crippen LogP contribution in [0.3, 0.4) is 0 Å². The first-order chi connectivity index (χ1) is 5.33. The smallest absolute Gasteiger partial charge is 0.00742 e. The van der Waals surface area contributed by atoms with Gasteiger partial charge in [-0.05, 0) is 25.5 Å². The van der Waals surface area contributed by atoms with E-state index in [9.17, 15) is 0 Å². The van der Waals surface area contributed by atoms with E-state index in [1.165, 1.54) is 15.6 Å². The highest BCUT2D eigenvalue weighted by Gasteiger charge is 1.84. The second kappa shape index (κ2) is 4.65. The minimum atomic E-state index is 0.189. The Bertz CT molecular complexity index is 234. The van der Waals surface area contributed by atoms with Crippen LogP contribution in [0.4, 0.5) is 0 Å². The summed E-state index contributed by atoms with van der Waals surface area (Å²) in [5.74, 6) is 0. The molecule has 0 N–H and O–H groups in total. The quantitative estimate of drug-likeness (QED) is 0.715. The molecule has 0 atom stereocenters. The number of halogens is 1. The molecule has 0 radical (unpaired) electrons. The van der Waals surface area contributed by atoms with Crippen molar-refractivity contribution in [1.82, 2.24) is 0 Å². The third kappa shape index (κ3) is 3.14. The fraction of sp³-hybridized carbons (Fsp3) is 0.300. The van der Waals surface area contributed by atoms with E-state index in [1.54, 1.807) is 0 Å². The van der Waals surface area contributed by atoms with Gasteiger partial charge in [0.1, 0.15) is 0 Å². The van der Waals surface area contributed by atoms with E-state index < -0.39 is 0 Å². The minimum absolute atomic E-state index is 0.189. The van der Waals surface area contributed by atoms with Gasteiger partial charge in [0, 0.05) is 3.57 Å². The van der Waals surface area contributed by atoms with Crippen LogP contribution in [0.25, 0.3) is 0 Å². The molecular weight excluding hydrogens is 247 g/mol. The van der Waals surface area contributed by atoms with Gasteiger partial charge in [-0.15, -0.1) is 0 Å². The summed E-state index contributed by atoms with van der Waals surface area (Å²) < 4.78 is 3.93. The van der Waals surface area contributed by atoms with E-state index in [2.05, 4.69) is 42.1 Å². The topological polar surface area (TPSA) is 0 Å². The summed E-state index contributed by atoms with van der Waals surface area (Å²) in [4.78, 5) is 0. The molecule has 0 aliphatic carbocycles. The van der Waals surface area contributed by atoms with Crippen molar-refractivity contribution in [2.24, 2.45) is 0 Å². The largest absolute Gasteiger partial charge is 0.0901 e. The van der Waals surface area contributed by atoms with E-state index in [4.69, 9.17) is 0 Å². The number of rotatable bonds is 2. The molecule has 1 aromatic rings. The maximum atomic E-state index is 2.41. The fourth-order valence-electron chi connectivity index (χ4n) is 0.772. The molecule has 0 heterocycles. The molecule has 11 heavy (non-hydrogen) atoms. The highest BCUT2D eigenvalue weighted by atomic mass is 127. The molecule has 60 valence electrons. The summed E-state index contributed by atoms with van der Waals surface area (Å²) in [5, 5.41) is 0. The zero-order chi connectivity index (χ0) is 8.10. The lowest BCUT2D eigenvalue weighted by molar-refractivity contribution is 1.36. The fourth-order valence-corrected chi connectivity index (χ4v) is 2.50. The van der Waals surface area contributed by atoms with E-state index >= 15 is 0 Å². The molecule has 0 nitrogen and oxygen atoms in total. The van der Waals surface area contributed by atoms with Crippen LogP contribution in [0.1, 0.15) is 18.9 Å². The number of hydrogen-bond donors (Lipinski definition) is 0. The summed E-state index contributed by atoms with van der Waals surface area (Å²) in [5.41, 5.74) is 1.36. The van der Waals surface area contributed by atoms with Gasteiger partial charge in [0.15, 0.2) is 0 Å². The highest BCUT2D eigenvalue weighted by molar-refractivity contribution is 14.2. The van der Waals surface area contributed by atoms with Crippen LogP contribution in [-0.2, 0) is 0 Å². The summed E-state index contributed by atoms with van der Waals surface area (Å²) >= 11 is 0.189. The maximum Gasteiger partial charge on any atom is 0.00742 e. The van der Waals surface area contributed by atoms with E-state index in [0.717, 1.165) is 0 Å². The lowest BCUT2D eigenvalue weighted by atomic mass is 10.2. The molecule has 0 aromatic heterocycles. The zero-order valence-electron chi connectivity index (χ0n) is 6.97. The van der Waals surface area contributed by atoms with Gasteiger partial charge in [-0.2, -0.15) is 0 Å². The minimum Gasteiger partial charge on any atom is -0.0901 e. The van der Waals surface area contributed by atoms with Crippen LogP contribution in [-0.4, -0.2) is 4.01 Å². The Morgan fingerprint density at radius 2 is 1.91 bits per heavy atom. The van der Waals surface area contributed by atoms with Crippen molar-refractivity contribution >= 4 is 24.7 Å². The molecule has 1 heteroatoms. The third-order valence-corrected chi connectivity index (χ3v) is 4.13. The van der Waals surface area contributed by atoms with E-state index in [1.807, 2.05) is 0 Å². The Morgan fingerprint density at radius 3 is 2.45 bits per heavy atom. The van der Waals surface area contributed by atoms with Gasteiger partial charge in [0.05, 0.1) is 0 Å². The van der Waals surface area contributed by atoms with Gasteiger partial charge in [-0.1, -0.05) is 49.4 Å². The Hall–Kier alpha value is -0.180. The summed E-state index contributed by atoms with van der Waals surface area (Å²) in [6.45, 7) is 4.33. The Kier molecular flexibility index (Phi) is 3.77.